The number of unbranched alkanes of at least 4 members (excludes halogenated alkanes) is 1. The van der Waals surface area contributed by atoms with Crippen LogP contribution in [-0.2, 0) is 9.53 Å². The van der Waals surface area contributed by atoms with Crippen molar-refractivity contribution in [3.8, 4) is 0 Å². The highest BCUT2D eigenvalue weighted by Crippen LogP contribution is 2.34. The van der Waals surface area contributed by atoms with E-state index in [0.717, 1.165) is 12.8 Å². The molecule has 0 saturated heterocycles. The topological polar surface area (TPSA) is 91.3 Å². The Morgan fingerprint density at radius 1 is 1.28 bits per heavy atom. The quantitative estimate of drug-likeness (QED) is 0.430. The van der Waals surface area contributed by atoms with Gasteiger partial charge in [-0.15, -0.1) is 0 Å². The number of esters is 1. The zero-order valence-corrected chi connectivity index (χ0v) is 18.0. The highest BCUT2D eigenvalue weighted by molar-refractivity contribution is 6.22. The Hall–Kier alpha value is -2.74. The summed E-state index contributed by atoms with van der Waals surface area (Å²) in [4.78, 5) is 44.1. The minimum atomic E-state index is -1.17. The monoisotopic (exact) mass is 402 g/mol. The molecule has 1 heterocycles. The van der Waals surface area contributed by atoms with Crippen LogP contribution in [0.5, 0.6) is 0 Å². The lowest BCUT2D eigenvalue weighted by Crippen LogP contribution is -2.60. The lowest BCUT2D eigenvalue weighted by Gasteiger charge is -2.37. The fourth-order valence-electron chi connectivity index (χ4n) is 3.05. The van der Waals surface area contributed by atoms with Crippen LogP contribution in [0.2, 0.25) is 0 Å². The molecule has 0 radical (unpaired) electrons. The molecule has 0 aromatic heterocycles. The van der Waals surface area contributed by atoms with Gasteiger partial charge in [-0.05, 0) is 25.3 Å². The molecular weight excluding hydrogens is 372 g/mol. The molecule has 1 atom stereocenters. The molecule has 1 N–H and O–H groups in total. The molecule has 8 nitrogen and oxygen atoms in total. The van der Waals surface area contributed by atoms with Crippen molar-refractivity contribution in [1.82, 2.24) is 15.3 Å². The van der Waals surface area contributed by atoms with Gasteiger partial charge in [-0.25, -0.2) is 14.6 Å². The van der Waals surface area contributed by atoms with E-state index in [2.05, 4.69) is 10.4 Å². The summed E-state index contributed by atoms with van der Waals surface area (Å²) in [6, 6.07) is 6.24. The second-order valence-corrected chi connectivity index (χ2v) is 7.72. The molecule has 1 aliphatic rings. The third kappa shape index (κ3) is 4.48. The number of ether oxygens (including phenoxy) is 1. The van der Waals surface area contributed by atoms with E-state index in [0.29, 0.717) is 12.2 Å². The number of amidine groups is 1. The van der Waals surface area contributed by atoms with Crippen LogP contribution in [-0.4, -0.2) is 59.9 Å². The molecule has 0 bridgehead atoms. The number of hydrazine groups is 1. The Morgan fingerprint density at radius 2 is 1.93 bits per heavy atom. The molecule has 3 amide bonds. The Kier molecular flexibility index (Phi) is 7.13. The maximum absolute atomic E-state index is 13.0. The van der Waals surface area contributed by atoms with Crippen LogP contribution in [0.4, 0.5) is 4.79 Å². The molecule has 8 heteroatoms. The van der Waals surface area contributed by atoms with E-state index in [1.165, 1.54) is 9.91 Å². The molecule has 1 aliphatic heterocycles. The number of rotatable bonds is 7. The fourth-order valence-corrected chi connectivity index (χ4v) is 3.05. The fraction of sp³-hybridized carbons (Fsp3) is 0.524. The number of nitrogens with one attached hydrogen (secondary N) is 1. The van der Waals surface area contributed by atoms with Crippen molar-refractivity contribution in [3.05, 3.63) is 35.4 Å². The molecule has 29 heavy (non-hydrogen) atoms. The molecule has 1 unspecified atom stereocenters. The van der Waals surface area contributed by atoms with Gasteiger partial charge in [0.15, 0.2) is 0 Å². The maximum Gasteiger partial charge on any atom is 0.338 e. The molecule has 1 aromatic rings. The highest BCUT2D eigenvalue weighted by Gasteiger charge is 2.52. The van der Waals surface area contributed by atoms with Gasteiger partial charge in [0, 0.05) is 19.7 Å². The van der Waals surface area contributed by atoms with E-state index >= 15 is 0 Å². The number of hydrogen-bond acceptors (Lipinski definition) is 5. The van der Waals surface area contributed by atoms with E-state index < -0.39 is 23.4 Å². The minimum absolute atomic E-state index is 0.147. The van der Waals surface area contributed by atoms with Crippen LogP contribution in [0.1, 0.15) is 56.5 Å². The van der Waals surface area contributed by atoms with E-state index in [-0.39, 0.29) is 17.3 Å². The maximum atomic E-state index is 13.0. The second-order valence-electron chi connectivity index (χ2n) is 7.72. The summed E-state index contributed by atoms with van der Waals surface area (Å²) >= 11 is 0. The third-order valence-electron chi connectivity index (χ3n) is 5.08. The van der Waals surface area contributed by atoms with Crippen molar-refractivity contribution in [3.63, 3.8) is 0 Å². The number of benzene rings is 1. The summed E-state index contributed by atoms with van der Waals surface area (Å²) in [5.41, 5.74) is 2.16. The summed E-state index contributed by atoms with van der Waals surface area (Å²) in [5, 5.41) is 1.49. The van der Waals surface area contributed by atoms with Gasteiger partial charge in [-0.3, -0.25) is 15.1 Å². The van der Waals surface area contributed by atoms with Crippen molar-refractivity contribution in [1.29, 1.82) is 0 Å². The lowest BCUT2D eigenvalue weighted by atomic mass is 9.86. The number of carbonyl (C=O) groups is 3. The number of urea groups is 1. The van der Waals surface area contributed by atoms with Crippen LogP contribution in [0.15, 0.2) is 29.3 Å². The standard InChI is InChI=1S/C21H30N4O4/c1-7-8-13-29-18(26)16-12-10-9-11-15(16)17-22-19(27)21(4,14(2)3)25(17)20(28)23-24(5)6/h9-12,14H,7-8,13H2,1-6H3,(H,23,28). The average molecular weight is 402 g/mol. The smallest absolute Gasteiger partial charge is 0.338 e. The predicted molar refractivity (Wildman–Crippen MR) is 110 cm³/mol. The predicted octanol–water partition coefficient (Wildman–Crippen LogP) is 2.83. The Morgan fingerprint density at radius 3 is 2.52 bits per heavy atom. The summed E-state index contributed by atoms with van der Waals surface area (Å²) in [6.45, 7) is 7.72. The van der Waals surface area contributed by atoms with Gasteiger partial charge in [0.25, 0.3) is 5.91 Å². The first-order chi connectivity index (χ1) is 13.6. The Labute approximate surface area is 171 Å². The number of carbonyl (C=O) groups excluding carboxylic acids is 3. The number of aliphatic imine (C=N–C) groups is 1. The zero-order chi connectivity index (χ0) is 21.8. The van der Waals surface area contributed by atoms with E-state index in [1.54, 1.807) is 45.3 Å². The van der Waals surface area contributed by atoms with Crippen molar-refractivity contribution < 1.29 is 19.1 Å². The van der Waals surface area contributed by atoms with E-state index in [4.69, 9.17) is 4.74 Å². The number of nitrogens with zero attached hydrogens (tertiary/aromatic N) is 3. The molecule has 0 aliphatic carbocycles. The van der Waals surface area contributed by atoms with Crippen molar-refractivity contribution in [2.75, 3.05) is 20.7 Å². The molecule has 0 spiro atoms. The van der Waals surface area contributed by atoms with Crippen molar-refractivity contribution in [2.24, 2.45) is 10.9 Å². The van der Waals surface area contributed by atoms with Gasteiger partial charge < -0.3 is 4.74 Å². The first-order valence-corrected chi connectivity index (χ1v) is 9.82. The molecule has 1 aromatic carbocycles. The third-order valence-corrected chi connectivity index (χ3v) is 5.08. The van der Waals surface area contributed by atoms with Crippen LogP contribution >= 0.6 is 0 Å². The largest absolute Gasteiger partial charge is 0.462 e. The summed E-state index contributed by atoms with van der Waals surface area (Å²) in [5.74, 6) is -0.984. The summed E-state index contributed by atoms with van der Waals surface area (Å²) in [7, 11) is 3.36. The second kappa shape index (κ2) is 9.17. The van der Waals surface area contributed by atoms with E-state index in [9.17, 15) is 14.4 Å². The SMILES string of the molecule is CCCCOC(=O)c1ccccc1C1=NC(=O)C(C)(C(C)C)N1C(=O)NN(C)C. The van der Waals surface area contributed by atoms with Crippen LogP contribution in [0, 0.1) is 5.92 Å². The lowest BCUT2D eigenvalue weighted by molar-refractivity contribution is -0.126. The molecule has 2 rings (SSSR count). The minimum Gasteiger partial charge on any atom is -0.462 e. The van der Waals surface area contributed by atoms with Crippen LogP contribution in [0.25, 0.3) is 0 Å². The average Bonchev–Trinajstić information content (AvgIpc) is 2.93. The van der Waals surface area contributed by atoms with Gasteiger partial charge in [0.05, 0.1) is 12.2 Å². The molecule has 0 fully saturated rings. The van der Waals surface area contributed by atoms with Crippen molar-refractivity contribution in [2.45, 2.75) is 46.1 Å². The summed E-state index contributed by atoms with van der Waals surface area (Å²) < 4.78 is 5.35. The van der Waals surface area contributed by atoms with Gasteiger partial charge in [-0.2, -0.15) is 4.99 Å². The molecule has 158 valence electrons. The van der Waals surface area contributed by atoms with Gasteiger partial charge >= 0.3 is 12.0 Å². The first kappa shape index (κ1) is 22.5. The first-order valence-electron chi connectivity index (χ1n) is 9.82. The Balaban J connectivity index is 2.52. The van der Waals surface area contributed by atoms with Crippen LogP contribution < -0.4 is 5.43 Å². The zero-order valence-electron chi connectivity index (χ0n) is 18.0. The highest BCUT2D eigenvalue weighted by atomic mass is 16.5. The number of amides is 3. The Bertz CT molecular complexity index is 819. The van der Waals surface area contributed by atoms with Crippen molar-refractivity contribution >= 4 is 23.7 Å². The number of hydrogen-bond donors (Lipinski definition) is 1. The van der Waals surface area contributed by atoms with Gasteiger partial charge in [-0.1, -0.05) is 45.4 Å². The van der Waals surface area contributed by atoms with Crippen LogP contribution in [0.3, 0.4) is 0 Å². The molecular formula is C21H30N4O4. The summed E-state index contributed by atoms with van der Waals surface area (Å²) in [6.07, 6.45) is 1.66. The van der Waals surface area contributed by atoms with Gasteiger partial charge in [0.2, 0.25) is 0 Å². The van der Waals surface area contributed by atoms with Gasteiger partial charge in [0.1, 0.15) is 11.4 Å². The van der Waals surface area contributed by atoms with E-state index in [1.807, 2.05) is 20.8 Å². The molecule has 0 saturated carbocycles. The normalized spacial score (nSPS) is 19.0.